The van der Waals surface area contributed by atoms with Gasteiger partial charge in [-0.05, 0) is 30.9 Å². The molecule has 2 N–H and O–H groups in total. The first kappa shape index (κ1) is 19.1. The normalized spacial score (nSPS) is 18.4. The largest absolute Gasteiger partial charge is 0.344 e. The molecule has 1 saturated heterocycles. The van der Waals surface area contributed by atoms with Gasteiger partial charge in [0.15, 0.2) is 0 Å². The highest BCUT2D eigenvalue weighted by Gasteiger charge is 2.22. The Kier molecular flexibility index (Phi) is 6.07. The van der Waals surface area contributed by atoms with Gasteiger partial charge in [-0.1, -0.05) is 48.4 Å². The van der Waals surface area contributed by atoms with E-state index in [1.807, 2.05) is 0 Å². The number of hydrogen-bond acceptors (Lipinski definition) is 6. The Labute approximate surface area is 170 Å². The molecule has 1 aliphatic carbocycles. The standard InChI is InChI=1S/C20H28N6OS/c1-15-6-2-3-7-16(15)14-25-10-12-26(13-11-25)20-24-23-19(28-20)22-18(27)21-17-8-4-5-9-17/h2-3,6-7,17H,4-5,8-14H2,1H3,(H2,21,22,23,27). The highest BCUT2D eigenvalue weighted by Crippen LogP contribution is 2.25. The second-order valence-corrected chi connectivity index (χ2v) is 8.62. The second-order valence-electron chi connectivity index (χ2n) is 7.66. The van der Waals surface area contributed by atoms with Crippen LogP contribution in [0, 0.1) is 6.92 Å². The van der Waals surface area contributed by atoms with E-state index in [2.05, 4.69) is 61.8 Å². The molecule has 4 rings (SSSR count). The number of nitrogens with zero attached hydrogens (tertiary/aromatic N) is 4. The van der Waals surface area contributed by atoms with Gasteiger partial charge in [-0.15, -0.1) is 10.2 Å². The van der Waals surface area contributed by atoms with Crippen LogP contribution in [0.5, 0.6) is 0 Å². The SMILES string of the molecule is Cc1ccccc1CN1CCN(c2nnc(NC(=O)NC3CCCC3)s2)CC1. The van der Waals surface area contributed by atoms with Crippen LogP contribution in [0.25, 0.3) is 0 Å². The molecular weight excluding hydrogens is 372 g/mol. The Morgan fingerprint density at radius 2 is 1.89 bits per heavy atom. The van der Waals surface area contributed by atoms with Crippen LogP contribution in [-0.2, 0) is 6.54 Å². The minimum Gasteiger partial charge on any atom is -0.344 e. The van der Waals surface area contributed by atoms with Crippen LogP contribution >= 0.6 is 11.3 Å². The number of rotatable bonds is 5. The van der Waals surface area contributed by atoms with E-state index >= 15 is 0 Å². The van der Waals surface area contributed by atoms with Gasteiger partial charge < -0.3 is 10.2 Å². The van der Waals surface area contributed by atoms with Crippen molar-refractivity contribution >= 4 is 27.6 Å². The Morgan fingerprint density at radius 1 is 1.14 bits per heavy atom. The average Bonchev–Trinajstić information content (AvgIpc) is 3.36. The van der Waals surface area contributed by atoms with Crippen molar-refractivity contribution in [3.05, 3.63) is 35.4 Å². The lowest BCUT2D eigenvalue weighted by atomic mass is 10.1. The quantitative estimate of drug-likeness (QED) is 0.806. The molecule has 0 spiro atoms. The number of hydrogen-bond donors (Lipinski definition) is 2. The van der Waals surface area contributed by atoms with E-state index in [0.29, 0.717) is 11.2 Å². The van der Waals surface area contributed by atoms with Gasteiger partial charge in [-0.25, -0.2) is 4.79 Å². The van der Waals surface area contributed by atoms with E-state index in [-0.39, 0.29) is 6.03 Å². The fourth-order valence-corrected chi connectivity index (χ4v) is 4.70. The van der Waals surface area contributed by atoms with Crippen molar-refractivity contribution in [1.29, 1.82) is 0 Å². The lowest BCUT2D eigenvalue weighted by Gasteiger charge is -2.34. The minimum atomic E-state index is -0.169. The maximum atomic E-state index is 12.1. The van der Waals surface area contributed by atoms with Crippen molar-refractivity contribution in [2.24, 2.45) is 0 Å². The summed E-state index contributed by atoms with van der Waals surface area (Å²) in [7, 11) is 0. The van der Waals surface area contributed by atoms with Crippen LogP contribution in [0.1, 0.15) is 36.8 Å². The number of carbonyl (C=O) groups excluding carboxylic acids is 1. The summed E-state index contributed by atoms with van der Waals surface area (Å²) in [6, 6.07) is 8.71. The molecule has 1 aromatic carbocycles. The maximum Gasteiger partial charge on any atom is 0.321 e. The maximum absolute atomic E-state index is 12.1. The van der Waals surface area contributed by atoms with Crippen molar-refractivity contribution in [2.45, 2.75) is 45.2 Å². The smallest absolute Gasteiger partial charge is 0.321 e. The van der Waals surface area contributed by atoms with Crippen LogP contribution in [0.4, 0.5) is 15.1 Å². The Morgan fingerprint density at radius 3 is 2.64 bits per heavy atom. The lowest BCUT2D eigenvalue weighted by molar-refractivity contribution is 0.248. The lowest BCUT2D eigenvalue weighted by Crippen LogP contribution is -2.46. The molecule has 1 aliphatic heterocycles. The summed E-state index contributed by atoms with van der Waals surface area (Å²) >= 11 is 1.45. The van der Waals surface area contributed by atoms with Gasteiger partial charge in [0, 0.05) is 38.8 Å². The highest BCUT2D eigenvalue weighted by atomic mass is 32.1. The zero-order valence-corrected chi connectivity index (χ0v) is 17.2. The molecule has 2 fully saturated rings. The van der Waals surface area contributed by atoms with E-state index in [9.17, 15) is 4.79 Å². The topological polar surface area (TPSA) is 73.4 Å². The van der Waals surface area contributed by atoms with E-state index in [4.69, 9.17) is 0 Å². The van der Waals surface area contributed by atoms with Crippen LogP contribution in [-0.4, -0.2) is 53.3 Å². The molecule has 0 radical (unpaired) electrons. The number of anilines is 2. The molecule has 2 aliphatic rings. The van der Waals surface area contributed by atoms with Crippen LogP contribution in [0.2, 0.25) is 0 Å². The molecule has 8 heteroatoms. The third-order valence-corrected chi connectivity index (χ3v) is 6.52. The van der Waals surface area contributed by atoms with Gasteiger partial charge in [0.1, 0.15) is 0 Å². The van der Waals surface area contributed by atoms with Crippen molar-refractivity contribution in [3.63, 3.8) is 0 Å². The molecule has 2 amide bonds. The Bertz CT molecular complexity index is 795. The van der Waals surface area contributed by atoms with Gasteiger partial charge in [0.2, 0.25) is 10.3 Å². The predicted octanol–water partition coefficient (Wildman–Crippen LogP) is 3.23. The van der Waals surface area contributed by atoms with Crippen molar-refractivity contribution < 1.29 is 4.79 Å². The summed E-state index contributed by atoms with van der Waals surface area (Å²) in [5.41, 5.74) is 2.74. The Hall–Kier alpha value is -2.19. The fourth-order valence-electron chi connectivity index (χ4n) is 3.91. The monoisotopic (exact) mass is 400 g/mol. The summed E-state index contributed by atoms with van der Waals surface area (Å²) in [6.07, 6.45) is 4.54. The van der Waals surface area contributed by atoms with E-state index in [1.165, 1.54) is 35.3 Å². The number of aromatic nitrogens is 2. The zero-order valence-electron chi connectivity index (χ0n) is 16.4. The molecule has 1 aromatic heterocycles. The van der Waals surface area contributed by atoms with Crippen LogP contribution in [0.3, 0.4) is 0 Å². The summed E-state index contributed by atoms with van der Waals surface area (Å²) < 4.78 is 0. The van der Waals surface area contributed by atoms with E-state index in [1.54, 1.807) is 0 Å². The van der Waals surface area contributed by atoms with Gasteiger partial charge >= 0.3 is 6.03 Å². The number of piperazine rings is 1. The number of nitrogens with one attached hydrogen (secondary N) is 2. The summed E-state index contributed by atoms with van der Waals surface area (Å²) in [6.45, 7) is 7.01. The van der Waals surface area contributed by atoms with Crippen LogP contribution < -0.4 is 15.5 Å². The summed E-state index contributed by atoms with van der Waals surface area (Å²) in [5.74, 6) is 0. The first-order valence-corrected chi connectivity index (χ1v) is 10.9. The van der Waals surface area contributed by atoms with Gasteiger partial charge in [0.05, 0.1) is 0 Å². The van der Waals surface area contributed by atoms with Gasteiger partial charge in [0.25, 0.3) is 0 Å². The van der Waals surface area contributed by atoms with E-state index < -0.39 is 0 Å². The molecule has 0 atom stereocenters. The third-order valence-electron chi connectivity index (χ3n) is 5.62. The number of benzene rings is 1. The number of amides is 2. The van der Waals surface area contributed by atoms with Gasteiger partial charge in [-0.3, -0.25) is 10.2 Å². The number of aryl methyl sites for hydroxylation is 1. The zero-order chi connectivity index (χ0) is 19.3. The third kappa shape index (κ3) is 4.80. The second kappa shape index (κ2) is 8.87. The molecule has 2 aromatic rings. The molecule has 28 heavy (non-hydrogen) atoms. The summed E-state index contributed by atoms with van der Waals surface area (Å²) in [5, 5.41) is 15.7. The van der Waals surface area contributed by atoms with E-state index in [0.717, 1.165) is 50.7 Å². The molecule has 150 valence electrons. The van der Waals surface area contributed by atoms with Crippen molar-refractivity contribution in [3.8, 4) is 0 Å². The molecule has 2 heterocycles. The Balaban J connectivity index is 1.26. The molecule has 7 nitrogen and oxygen atoms in total. The molecule has 0 unspecified atom stereocenters. The summed E-state index contributed by atoms with van der Waals surface area (Å²) in [4.78, 5) is 16.8. The first-order valence-electron chi connectivity index (χ1n) is 10.1. The van der Waals surface area contributed by atoms with Crippen molar-refractivity contribution in [1.82, 2.24) is 20.4 Å². The fraction of sp³-hybridized carbons (Fsp3) is 0.550. The predicted molar refractivity (Wildman–Crippen MR) is 113 cm³/mol. The molecule has 0 bridgehead atoms. The first-order chi connectivity index (χ1) is 13.7. The highest BCUT2D eigenvalue weighted by molar-refractivity contribution is 7.19. The average molecular weight is 401 g/mol. The van der Waals surface area contributed by atoms with Gasteiger partial charge in [-0.2, -0.15) is 0 Å². The molecular formula is C20H28N6OS. The number of carbonyl (C=O) groups is 1. The number of urea groups is 1. The van der Waals surface area contributed by atoms with Crippen LogP contribution in [0.15, 0.2) is 24.3 Å². The minimum absolute atomic E-state index is 0.169. The van der Waals surface area contributed by atoms with Crippen molar-refractivity contribution in [2.75, 3.05) is 36.4 Å². The molecule has 1 saturated carbocycles.